The fraction of sp³-hybridized carbons (Fsp3) is 0.579. The van der Waals surface area contributed by atoms with Gasteiger partial charge in [0.1, 0.15) is 6.54 Å². The Morgan fingerprint density at radius 3 is 2.70 bits per heavy atom. The van der Waals surface area contributed by atoms with Crippen LogP contribution < -0.4 is 10.6 Å². The summed E-state index contributed by atoms with van der Waals surface area (Å²) < 4.78 is 5.75. The van der Waals surface area contributed by atoms with Gasteiger partial charge in [0.15, 0.2) is 5.96 Å². The van der Waals surface area contributed by atoms with E-state index in [2.05, 4.69) is 27.8 Å². The van der Waals surface area contributed by atoms with Crippen LogP contribution in [0.1, 0.15) is 19.3 Å². The number of guanidine groups is 1. The molecule has 1 aliphatic heterocycles. The highest BCUT2D eigenvalue weighted by Gasteiger charge is 2.14. The summed E-state index contributed by atoms with van der Waals surface area (Å²) in [5.74, 6) is 1.58. The lowest BCUT2D eigenvalue weighted by Crippen LogP contribution is -2.43. The van der Waals surface area contributed by atoms with Crippen LogP contribution in [0.2, 0.25) is 0 Å². The molecule has 0 saturated carbocycles. The minimum atomic E-state index is -0.0151. The minimum Gasteiger partial charge on any atom is -0.376 e. The van der Waals surface area contributed by atoms with Gasteiger partial charge < -0.3 is 20.3 Å². The zero-order valence-electron chi connectivity index (χ0n) is 16.1. The maximum Gasteiger partial charge on any atom is 0.243 e. The number of nitrogens with one attached hydrogen (secondary N) is 2. The molecule has 27 heavy (non-hydrogen) atoms. The molecular formula is C19H31IN4O2S. The number of ether oxygens (including phenoxy) is 1. The van der Waals surface area contributed by atoms with E-state index in [0.29, 0.717) is 12.5 Å². The Hall–Kier alpha value is -1.000. The van der Waals surface area contributed by atoms with Crippen molar-refractivity contribution in [1.82, 2.24) is 15.5 Å². The quantitative estimate of drug-likeness (QED) is 0.187. The SMILES string of the molecule is CN(C)C(=O)CN=C(NCCSc1ccccc1)NCC1CCCCO1.I. The van der Waals surface area contributed by atoms with Gasteiger partial charge in [-0.1, -0.05) is 18.2 Å². The number of likely N-dealkylation sites (N-methyl/N-ethyl adjacent to an activating group) is 1. The third-order valence-electron chi connectivity index (χ3n) is 4.05. The Bertz CT molecular complexity index is 566. The second-order valence-electron chi connectivity index (χ2n) is 6.41. The van der Waals surface area contributed by atoms with Gasteiger partial charge in [0.05, 0.1) is 6.10 Å². The predicted octanol–water partition coefficient (Wildman–Crippen LogP) is 2.59. The van der Waals surface area contributed by atoms with Gasteiger partial charge in [-0.05, 0) is 31.4 Å². The highest BCUT2D eigenvalue weighted by atomic mass is 127. The first-order chi connectivity index (χ1) is 12.6. The number of carbonyl (C=O) groups excluding carboxylic acids is 1. The minimum absolute atomic E-state index is 0. The van der Waals surface area contributed by atoms with Crippen LogP contribution in [-0.4, -0.2) is 69.0 Å². The summed E-state index contributed by atoms with van der Waals surface area (Å²) in [5.41, 5.74) is 0. The van der Waals surface area contributed by atoms with E-state index in [9.17, 15) is 4.79 Å². The summed E-state index contributed by atoms with van der Waals surface area (Å²) in [6.07, 6.45) is 3.64. The molecule has 2 N–H and O–H groups in total. The molecule has 0 radical (unpaired) electrons. The monoisotopic (exact) mass is 506 g/mol. The number of amides is 1. The number of hydrogen-bond donors (Lipinski definition) is 2. The van der Waals surface area contributed by atoms with Crippen molar-refractivity contribution < 1.29 is 9.53 Å². The molecule has 8 heteroatoms. The zero-order valence-corrected chi connectivity index (χ0v) is 19.3. The summed E-state index contributed by atoms with van der Waals surface area (Å²) in [5, 5.41) is 6.63. The molecule has 1 saturated heterocycles. The number of rotatable bonds is 8. The van der Waals surface area contributed by atoms with Gasteiger partial charge in [0, 0.05) is 44.4 Å². The molecule has 0 bridgehead atoms. The summed E-state index contributed by atoms with van der Waals surface area (Å²) in [6, 6.07) is 10.3. The third kappa shape index (κ3) is 10.2. The Morgan fingerprint density at radius 2 is 2.04 bits per heavy atom. The van der Waals surface area contributed by atoms with Gasteiger partial charge in [-0.2, -0.15) is 0 Å². The first-order valence-electron chi connectivity index (χ1n) is 9.17. The first-order valence-corrected chi connectivity index (χ1v) is 10.2. The third-order valence-corrected chi connectivity index (χ3v) is 5.06. The Kier molecular flexibility index (Phi) is 12.5. The molecular weight excluding hydrogens is 475 g/mol. The number of thioether (sulfide) groups is 1. The fourth-order valence-corrected chi connectivity index (χ4v) is 3.29. The van der Waals surface area contributed by atoms with Gasteiger partial charge in [-0.25, -0.2) is 4.99 Å². The molecule has 2 rings (SSSR count). The molecule has 1 aromatic carbocycles. The van der Waals surface area contributed by atoms with Crippen molar-refractivity contribution in [3.05, 3.63) is 30.3 Å². The summed E-state index contributed by atoms with van der Waals surface area (Å²) in [6.45, 7) is 2.46. The molecule has 1 amide bonds. The molecule has 1 atom stereocenters. The van der Waals surface area contributed by atoms with Gasteiger partial charge in [-0.3, -0.25) is 4.79 Å². The maximum atomic E-state index is 11.8. The van der Waals surface area contributed by atoms with E-state index in [-0.39, 0.29) is 42.5 Å². The van der Waals surface area contributed by atoms with E-state index in [1.165, 1.54) is 11.3 Å². The van der Waals surface area contributed by atoms with Crippen LogP contribution in [0, 0.1) is 0 Å². The van der Waals surface area contributed by atoms with Gasteiger partial charge in [0.2, 0.25) is 5.91 Å². The van der Waals surface area contributed by atoms with Crippen molar-refractivity contribution in [1.29, 1.82) is 0 Å². The van der Waals surface area contributed by atoms with E-state index in [4.69, 9.17) is 4.74 Å². The van der Waals surface area contributed by atoms with Crippen molar-refractivity contribution in [2.75, 3.05) is 46.1 Å². The van der Waals surface area contributed by atoms with Crippen molar-refractivity contribution in [3.8, 4) is 0 Å². The van der Waals surface area contributed by atoms with Crippen LogP contribution in [0.25, 0.3) is 0 Å². The second kappa shape index (κ2) is 14.1. The highest BCUT2D eigenvalue weighted by Crippen LogP contribution is 2.15. The lowest BCUT2D eigenvalue weighted by atomic mass is 10.1. The standard InChI is InChI=1S/C19H30N4O2S.HI/c1-23(2)18(24)15-22-19(21-14-16-8-6-7-12-25-16)20-11-13-26-17-9-4-3-5-10-17;/h3-5,9-10,16H,6-8,11-15H2,1-2H3,(H2,20,21,22);1H. The van der Waals surface area contributed by atoms with Gasteiger partial charge >= 0.3 is 0 Å². The Morgan fingerprint density at radius 1 is 1.26 bits per heavy atom. The summed E-state index contributed by atoms with van der Waals surface area (Å²) in [7, 11) is 3.48. The van der Waals surface area contributed by atoms with E-state index in [1.807, 2.05) is 18.2 Å². The highest BCUT2D eigenvalue weighted by molar-refractivity contribution is 14.0. The number of aliphatic imine (C=N–C) groups is 1. The number of hydrogen-bond acceptors (Lipinski definition) is 4. The predicted molar refractivity (Wildman–Crippen MR) is 123 cm³/mol. The van der Waals surface area contributed by atoms with Gasteiger partial charge in [0.25, 0.3) is 0 Å². The lowest BCUT2D eigenvalue weighted by Gasteiger charge is -2.24. The van der Waals surface area contributed by atoms with Crippen LogP contribution in [0.4, 0.5) is 0 Å². The normalized spacial score (nSPS) is 17.0. The van der Waals surface area contributed by atoms with E-state index >= 15 is 0 Å². The molecule has 0 aromatic heterocycles. The molecule has 1 aliphatic rings. The molecule has 1 aromatic rings. The topological polar surface area (TPSA) is 66.0 Å². The number of benzene rings is 1. The Balaban J connectivity index is 0.00000364. The van der Waals surface area contributed by atoms with Crippen LogP contribution in [0.15, 0.2) is 40.2 Å². The first kappa shape index (κ1) is 24.0. The lowest BCUT2D eigenvalue weighted by molar-refractivity contribution is -0.127. The van der Waals surface area contributed by atoms with Crippen LogP contribution in [0.5, 0.6) is 0 Å². The average molecular weight is 506 g/mol. The van der Waals surface area contributed by atoms with Crippen LogP contribution in [0.3, 0.4) is 0 Å². The Labute approximate surface area is 183 Å². The molecule has 1 fully saturated rings. The molecule has 1 unspecified atom stereocenters. The molecule has 1 heterocycles. The molecule has 6 nitrogen and oxygen atoms in total. The molecule has 0 aliphatic carbocycles. The number of carbonyl (C=O) groups is 1. The molecule has 152 valence electrons. The summed E-state index contributed by atoms with van der Waals surface area (Å²) >= 11 is 1.79. The average Bonchev–Trinajstić information content (AvgIpc) is 2.67. The zero-order chi connectivity index (χ0) is 18.6. The van der Waals surface area contributed by atoms with E-state index in [1.54, 1.807) is 30.8 Å². The second-order valence-corrected chi connectivity index (χ2v) is 7.58. The van der Waals surface area contributed by atoms with Crippen molar-refractivity contribution in [2.45, 2.75) is 30.3 Å². The van der Waals surface area contributed by atoms with Gasteiger partial charge in [-0.15, -0.1) is 35.7 Å². The van der Waals surface area contributed by atoms with Crippen molar-refractivity contribution in [2.24, 2.45) is 4.99 Å². The summed E-state index contributed by atoms with van der Waals surface area (Å²) in [4.78, 5) is 19.0. The van der Waals surface area contributed by atoms with Crippen molar-refractivity contribution >= 4 is 47.6 Å². The van der Waals surface area contributed by atoms with Crippen molar-refractivity contribution in [3.63, 3.8) is 0 Å². The van der Waals surface area contributed by atoms with Crippen LogP contribution >= 0.6 is 35.7 Å². The smallest absolute Gasteiger partial charge is 0.243 e. The number of nitrogens with zero attached hydrogens (tertiary/aromatic N) is 2. The van der Waals surface area contributed by atoms with E-state index < -0.39 is 0 Å². The number of halogens is 1. The van der Waals surface area contributed by atoms with E-state index in [0.717, 1.165) is 31.7 Å². The fourth-order valence-electron chi connectivity index (χ4n) is 2.50. The maximum absolute atomic E-state index is 11.8. The molecule has 0 spiro atoms. The van der Waals surface area contributed by atoms with Crippen LogP contribution in [-0.2, 0) is 9.53 Å². The largest absolute Gasteiger partial charge is 0.376 e.